The fourth-order valence-electron chi connectivity index (χ4n) is 4.48. The molecule has 4 rings (SSSR count). The summed E-state index contributed by atoms with van der Waals surface area (Å²) in [6.07, 6.45) is 3.82. The summed E-state index contributed by atoms with van der Waals surface area (Å²) < 4.78 is 13.3. The van der Waals surface area contributed by atoms with Crippen LogP contribution >= 0.6 is 24.8 Å². The molecule has 31 heavy (non-hydrogen) atoms. The van der Waals surface area contributed by atoms with Gasteiger partial charge in [0.1, 0.15) is 18.0 Å². The van der Waals surface area contributed by atoms with Crippen molar-refractivity contribution >= 4 is 36.5 Å². The largest absolute Gasteiger partial charge is 0.353 e. The molecule has 170 valence electrons. The first-order valence-corrected chi connectivity index (χ1v) is 10.4. The molecule has 1 fully saturated rings. The molecule has 1 aromatic heterocycles. The van der Waals surface area contributed by atoms with E-state index in [9.17, 15) is 9.18 Å². The van der Waals surface area contributed by atoms with Gasteiger partial charge in [-0.3, -0.25) is 4.79 Å². The van der Waals surface area contributed by atoms with Crippen LogP contribution < -0.4 is 10.2 Å². The maximum atomic E-state index is 13.3. The van der Waals surface area contributed by atoms with Crippen molar-refractivity contribution in [2.45, 2.75) is 31.6 Å². The number of hydrogen-bond donors (Lipinski definition) is 1. The zero-order valence-corrected chi connectivity index (χ0v) is 19.5. The molecule has 2 heterocycles. The number of amides is 1. The number of aromatic nitrogens is 2. The van der Waals surface area contributed by atoms with E-state index in [-0.39, 0.29) is 42.5 Å². The molecule has 1 N–H and O–H groups in total. The van der Waals surface area contributed by atoms with Crippen LogP contribution in [-0.2, 0) is 11.2 Å². The predicted molar refractivity (Wildman–Crippen MR) is 125 cm³/mol. The number of anilines is 1. The number of likely N-dealkylation sites (N-methyl/N-ethyl adjacent to an activating group) is 1. The van der Waals surface area contributed by atoms with E-state index in [2.05, 4.69) is 27.1 Å². The van der Waals surface area contributed by atoms with Crippen LogP contribution in [-0.4, -0.2) is 60.5 Å². The number of nitrogens with one attached hydrogen (secondary N) is 1. The molecule has 0 saturated carbocycles. The smallest absolute Gasteiger partial charge is 0.231 e. The molecule has 1 amide bonds. The van der Waals surface area contributed by atoms with Crippen LogP contribution in [0.3, 0.4) is 0 Å². The van der Waals surface area contributed by atoms with E-state index < -0.39 is 0 Å². The highest BCUT2D eigenvalue weighted by Gasteiger charge is 2.31. The number of carbonyl (C=O) groups is 1. The number of nitrogens with zero attached hydrogens (tertiary/aromatic N) is 4. The third kappa shape index (κ3) is 5.27. The zero-order chi connectivity index (χ0) is 20.4. The van der Waals surface area contributed by atoms with Crippen LogP contribution in [0.25, 0.3) is 0 Å². The first-order chi connectivity index (χ1) is 14.1. The van der Waals surface area contributed by atoms with Gasteiger partial charge in [0.25, 0.3) is 0 Å². The minimum absolute atomic E-state index is 0. The van der Waals surface area contributed by atoms with Gasteiger partial charge in [-0.15, -0.1) is 24.8 Å². The summed E-state index contributed by atoms with van der Waals surface area (Å²) in [5, 5.41) is 3.10. The molecule has 2 aromatic rings. The first kappa shape index (κ1) is 25.3. The molecular formula is C22H30Cl2FN5O. The van der Waals surface area contributed by atoms with Crippen molar-refractivity contribution in [1.29, 1.82) is 0 Å². The number of rotatable bonds is 5. The summed E-state index contributed by atoms with van der Waals surface area (Å²) in [4.78, 5) is 26.5. The van der Waals surface area contributed by atoms with Crippen LogP contribution in [0.2, 0.25) is 0 Å². The lowest BCUT2D eigenvalue weighted by molar-refractivity contribution is -0.133. The highest BCUT2D eigenvalue weighted by atomic mass is 35.5. The maximum absolute atomic E-state index is 13.3. The Morgan fingerprint density at radius 3 is 2.48 bits per heavy atom. The molecule has 6 nitrogen and oxygen atoms in total. The Balaban J connectivity index is 0.00000171. The molecule has 1 saturated heterocycles. The molecule has 0 radical (unpaired) electrons. The van der Waals surface area contributed by atoms with Gasteiger partial charge < -0.3 is 15.1 Å². The third-order valence-corrected chi connectivity index (χ3v) is 6.12. The van der Waals surface area contributed by atoms with Crippen molar-refractivity contribution in [1.82, 2.24) is 20.2 Å². The average molecular weight is 470 g/mol. The summed E-state index contributed by atoms with van der Waals surface area (Å²) in [7, 11) is 1.83. The Bertz CT molecular complexity index is 875. The molecule has 1 aliphatic heterocycles. The topological polar surface area (TPSA) is 61.4 Å². The Hall–Kier alpha value is -1.96. The third-order valence-electron chi connectivity index (χ3n) is 6.12. The Morgan fingerprint density at radius 1 is 1.16 bits per heavy atom. The molecule has 2 aliphatic rings. The van der Waals surface area contributed by atoms with E-state index in [0.717, 1.165) is 37.3 Å². The van der Waals surface area contributed by atoms with Crippen molar-refractivity contribution in [2.24, 2.45) is 0 Å². The van der Waals surface area contributed by atoms with Crippen LogP contribution in [0.1, 0.15) is 42.0 Å². The van der Waals surface area contributed by atoms with E-state index in [1.807, 2.05) is 11.9 Å². The summed E-state index contributed by atoms with van der Waals surface area (Å²) in [5.41, 5.74) is 3.30. The Morgan fingerprint density at radius 2 is 1.84 bits per heavy atom. The van der Waals surface area contributed by atoms with E-state index in [1.54, 1.807) is 18.5 Å². The number of fused-ring (bicyclic) bond motifs is 1. The zero-order valence-electron chi connectivity index (χ0n) is 17.9. The van der Waals surface area contributed by atoms with Gasteiger partial charge in [0.05, 0.1) is 5.92 Å². The number of hydrogen-bond acceptors (Lipinski definition) is 5. The molecule has 1 aliphatic carbocycles. The fraction of sp³-hybridized carbons (Fsp3) is 0.500. The highest BCUT2D eigenvalue weighted by molar-refractivity contribution is 5.86. The number of carbonyl (C=O) groups excluding carboxylic acids is 1. The predicted octanol–water partition coefficient (Wildman–Crippen LogP) is 3.16. The van der Waals surface area contributed by atoms with E-state index in [0.29, 0.717) is 25.6 Å². The van der Waals surface area contributed by atoms with E-state index in [4.69, 9.17) is 0 Å². The van der Waals surface area contributed by atoms with Crippen LogP contribution in [0.4, 0.5) is 10.2 Å². The van der Waals surface area contributed by atoms with Crippen molar-refractivity contribution in [3.63, 3.8) is 0 Å². The lowest BCUT2D eigenvalue weighted by Gasteiger charge is -2.38. The molecular weight excluding hydrogens is 440 g/mol. The second-order valence-electron chi connectivity index (χ2n) is 7.97. The number of aryl methyl sites for hydroxylation is 1. The maximum Gasteiger partial charge on any atom is 0.231 e. The van der Waals surface area contributed by atoms with Gasteiger partial charge in [-0.2, -0.15) is 0 Å². The van der Waals surface area contributed by atoms with Gasteiger partial charge in [-0.1, -0.05) is 19.1 Å². The van der Waals surface area contributed by atoms with Gasteiger partial charge in [0.15, 0.2) is 0 Å². The summed E-state index contributed by atoms with van der Waals surface area (Å²) in [5.74, 6) is 1.02. The van der Waals surface area contributed by atoms with Gasteiger partial charge in [0, 0.05) is 44.0 Å². The van der Waals surface area contributed by atoms with E-state index in [1.165, 1.54) is 23.4 Å². The van der Waals surface area contributed by atoms with Gasteiger partial charge in [-0.05, 0) is 43.5 Å². The fourth-order valence-corrected chi connectivity index (χ4v) is 4.48. The van der Waals surface area contributed by atoms with Gasteiger partial charge in [0.2, 0.25) is 5.91 Å². The number of benzene rings is 1. The highest BCUT2D eigenvalue weighted by Crippen LogP contribution is 2.37. The first-order valence-electron chi connectivity index (χ1n) is 10.4. The minimum Gasteiger partial charge on any atom is -0.353 e. The second kappa shape index (κ2) is 11.1. The normalized spacial score (nSPS) is 18.6. The van der Waals surface area contributed by atoms with Crippen molar-refractivity contribution in [2.75, 3.05) is 44.7 Å². The summed E-state index contributed by atoms with van der Waals surface area (Å²) in [6.45, 7) is 5.61. The van der Waals surface area contributed by atoms with Crippen molar-refractivity contribution < 1.29 is 9.18 Å². The van der Waals surface area contributed by atoms with Crippen LogP contribution in [0, 0.1) is 5.82 Å². The lowest BCUT2D eigenvalue weighted by Crippen LogP contribution is -2.51. The SMILES string of the molecule is CNCC(C(=O)N1CCN(c2ncnc3c2[C@H](C)CC3)CC1)c1ccc(F)cc1.Cl.Cl. The molecule has 0 spiro atoms. The van der Waals surface area contributed by atoms with E-state index >= 15 is 0 Å². The number of halogens is 3. The quantitative estimate of drug-likeness (QED) is 0.728. The van der Waals surface area contributed by atoms with Crippen molar-refractivity contribution in [3.8, 4) is 0 Å². The average Bonchev–Trinajstić information content (AvgIpc) is 3.14. The van der Waals surface area contributed by atoms with Crippen LogP contribution in [0.5, 0.6) is 0 Å². The molecule has 1 unspecified atom stereocenters. The van der Waals surface area contributed by atoms with Gasteiger partial charge >= 0.3 is 0 Å². The monoisotopic (exact) mass is 469 g/mol. The Kier molecular flexibility index (Phi) is 9.03. The molecule has 0 bridgehead atoms. The summed E-state index contributed by atoms with van der Waals surface area (Å²) >= 11 is 0. The Labute approximate surface area is 195 Å². The minimum atomic E-state index is -0.310. The lowest BCUT2D eigenvalue weighted by atomic mass is 9.97. The molecule has 2 atom stereocenters. The van der Waals surface area contributed by atoms with Crippen molar-refractivity contribution in [3.05, 3.63) is 53.2 Å². The van der Waals surface area contributed by atoms with Crippen LogP contribution in [0.15, 0.2) is 30.6 Å². The standard InChI is InChI=1S/C22H28FN5O.2ClH/c1-15-3-8-19-20(15)21(26-14-25-19)27-9-11-28(12-10-27)22(29)18(13-24-2)16-4-6-17(23)7-5-16;;/h4-7,14-15,18,24H,3,8-13H2,1-2H3;2*1H/t15-,18?;;/m1../s1. The molecule has 9 heteroatoms. The number of piperazine rings is 1. The van der Waals surface area contributed by atoms with Gasteiger partial charge in [-0.25, -0.2) is 14.4 Å². The summed E-state index contributed by atoms with van der Waals surface area (Å²) in [6, 6.07) is 6.24. The second-order valence-corrected chi connectivity index (χ2v) is 7.97. The molecule has 1 aromatic carbocycles.